The maximum Gasteiger partial charge on any atom is 0.134 e. The van der Waals surface area contributed by atoms with Crippen LogP contribution >= 0.6 is 0 Å². The number of ether oxygens (including phenoxy) is 1. The van der Waals surface area contributed by atoms with Gasteiger partial charge in [-0.25, -0.2) is 0 Å². The number of benzene rings is 1. The summed E-state index contributed by atoms with van der Waals surface area (Å²) >= 11 is 0. The molecule has 1 saturated carbocycles. The molecule has 1 aliphatic carbocycles. The van der Waals surface area contributed by atoms with E-state index in [1.165, 1.54) is 18.5 Å². The van der Waals surface area contributed by atoms with Gasteiger partial charge >= 0.3 is 0 Å². The molecule has 3 heteroatoms. The molecule has 2 atom stereocenters. The summed E-state index contributed by atoms with van der Waals surface area (Å²) in [5, 5.41) is 8.82. The van der Waals surface area contributed by atoms with Crippen molar-refractivity contribution >= 4 is 0 Å². The number of hydrogen-bond acceptors (Lipinski definition) is 3. The highest BCUT2D eigenvalue weighted by Gasteiger charge is 2.32. The van der Waals surface area contributed by atoms with Gasteiger partial charge in [-0.15, -0.1) is 0 Å². The van der Waals surface area contributed by atoms with Crippen molar-refractivity contribution in [2.75, 3.05) is 27.3 Å². The summed E-state index contributed by atoms with van der Waals surface area (Å²) in [6, 6.07) is 6.17. The van der Waals surface area contributed by atoms with E-state index >= 15 is 0 Å². The van der Waals surface area contributed by atoms with E-state index in [4.69, 9.17) is 9.84 Å². The predicted molar refractivity (Wildman–Crippen MR) is 85.2 cm³/mol. The highest BCUT2D eigenvalue weighted by Crippen LogP contribution is 2.38. The van der Waals surface area contributed by atoms with Crippen LogP contribution in [0.3, 0.4) is 0 Å². The first-order valence-corrected chi connectivity index (χ1v) is 7.59. The second-order valence-corrected chi connectivity index (χ2v) is 5.98. The smallest absolute Gasteiger partial charge is 0.134 e. The molecule has 0 amide bonds. The second kappa shape index (κ2) is 7.49. The molecule has 1 fully saturated rings. The molecule has 0 radical (unpaired) electrons. The van der Waals surface area contributed by atoms with Gasteiger partial charge < -0.3 is 14.7 Å². The lowest BCUT2D eigenvalue weighted by Gasteiger charge is -2.17. The van der Waals surface area contributed by atoms with Crippen molar-refractivity contribution in [3.63, 3.8) is 0 Å². The van der Waals surface area contributed by atoms with Gasteiger partial charge in [-0.1, -0.05) is 24.8 Å². The fraction of sp³-hybridized carbons (Fsp3) is 0.556. The van der Waals surface area contributed by atoms with Crippen molar-refractivity contribution in [1.29, 1.82) is 0 Å². The molecule has 3 nitrogen and oxygen atoms in total. The number of aliphatic hydroxyl groups is 1. The van der Waals surface area contributed by atoms with Gasteiger partial charge in [0, 0.05) is 19.5 Å². The molecule has 0 aromatic heterocycles. The third-order valence-corrected chi connectivity index (χ3v) is 4.00. The molecule has 1 aliphatic rings. The maximum atomic E-state index is 8.82. The van der Waals surface area contributed by atoms with E-state index in [0.717, 1.165) is 29.7 Å². The second-order valence-electron chi connectivity index (χ2n) is 5.98. The van der Waals surface area contributed by atoms with Crippen LogP contribution < -0.4 is 4.74 Å². The zero-order valence-electron chi connectivity index (χ0n) is 13.2. The van der Waals surface area contributed by atoms with Gasteiger partial charge in [0.1, 0.15) is 5.75 Å². The van der Waals surface area contributed by atoms with Gasteiger partial charge in [0.25, 0.3) is 0 Å². The Bertz CT molecular complexity index is 530. The highest BCUT2D eigenvalue weighted by molar-refractivity contribution is 5.48. The first-order valence-electron chi connectivity index (χ1n) is 7.59. The fourth-order valence-electron chi connectivity index (χ4n) is 2.59. The van der Waals surface area contributed by atoms with Gasteiger partial charge in [0.15, 0.2) is 0 Å². The quantitative estimate of drug-likeness (QED) is 0.816. The largest absolute Gasteiger partial charge is 0.495 e. The van der Waals surface area contributed by atoms with Gasteiger partial charge in [0.2, 0.25) is 0 Å². The Morgan fingerprint density at radius 3 is 2.81 bits per heavy atom. The summed E-state index contributed by atoms with van der Waals surface area (Å²) in [5.41, 5.74) is 2.15. The molecule has 0 bridgehead atoms. The molecule has 1 aromatic rings. The van der Waals surface area contributed by atoms with Crippen LogP contribution in [0.25, 0.3) is 0 Å². The van der Waals surface area contributed by atoms with Crippen molar-refractivity contribution in [3.8, 4) is 17.6 Å². The number of rotatable bonds is 6. The molecule has 2 rings (SSSR count). The average molecular weight is 287 g/mol. The van der Waals surface area contributed by atoms with E-state index in [1.54, 1.807) is 7.11 Å². The van der Waals surface area contributed by atoms with Gasteiger partial charge in [0.05, 0.1) is 19.3 Å². The van der Waals surface area contributed by atoms with Crippen molar-refractivity contribution in [2.45, 2.75) is 26.3 Å². The van der Waals surface area contributed by atoms with E-state index in [1.807, 2.05) is 6.07 Å². The summed E-state index contributed by atoms with van der Waals surface area (Å²) in [4.78, 5) is 2.38. The molecule has 0 heterocycles. The predicted octanol–water partition coefficient (Wildman–Crippen LogP) is 2.52. The fourth-order valence-corrected chi connectivity index (χ4v) is 2.59. The van der Waals surface area contributed by atoms with Crippen LogP contribution in [0.15, 0.2) is 18.2 Å². The summed E-state index contributed by atoms with van der Waals surface area (Å²) in [6.07, 6.45) is 1.86. The van der Waals surface area contributed by atoms with Crippen LogP contribution in [0.4, 0.5) is 0 Å². The first kappa shape index (κ1) is 15.9. The van der Waals surface area contributed by atoms with E-state index in [9.17, 15) is 0 Å². The Kier molecular flexibility index (Phi) is 5.67. The minimum Gasteiger partial charge on any atom is -0.495 e. The first-order chi connectivity index (χ1) is 10.1. The van der Waals surface area contributed by atoms with Crippen LogP contribution in [0.5, 0.6) is 5.75 Å². The molecular formula is C18H25NO2. The Balaban J connectivity index is 2.02. The number of hydrogen-bond donors (Lipinski definition) is 1. The van der Waals surface area contributed by atoms with Crippen molar-refractivity contribution in [3.05, 3.63) is 29.3 Å². The molecule has 1 aromatic carbocycles. The summed E-state index contributed by atoms with van der Waals surface area (Å²) in [6.45, 7) is 4.51. The molecule has 2 unspecified atom stereocenters. The Morgan fingerprint density at radius 2 is 2.19 bits per heavy atom. The minimum absolute atomic E-state index is 0.0946. The van der Waals surface area contributed by atoms with Gasteiger partial charge in [-0.3, -0.25) is 0 Å². The third kappa shape index (κ3) is 4.77. The number of nitrogens with zero attached hydrogens (tertiary/aromatic N) is 1. The number of methoxy groups -OCH3 is 1. The minimum atomic E-state index is 0.0946. The summed E-state index contributed by atoms with van der Waals surface area (Å²) < 4.78 is 5.35. The lowest BCUT2D eigenvalue weighted by molar-refractivity contribution is 0.305. The van der Waals surface area contributed by atoms with E-state index in [-0.39, 0.29) is 6.61 Å². The summed E-state index contributed by atoms with van der Waals surface area (Å²) in [7, 11) is 3.83. The molecular weight excluding hydrogens is 262 g/mol. The Labute approximate surface area is 127 Å². The van der Waals surface area contributed by atoms with Crippen molar-refractivity contribution in [1.82, 2.24) is 4.90 Å². The molecule has 1 N–H and O–H groups in total. The van der Waals surface area contributed by atoms with Gasteiger partial charge in [-0.05, 0) is 43.0 Å². The van der Waals surface area contributed by atoms with Crippen LogP contribution in [0.1, 0.15) is 30.9 Å². The van der Waals surface area contributed by atoms with E-state index < -0.39 is 0 Å². The van der Waals surface area contributed by atoms with Crippen molar-refractivity contribution in [2.24, 2.45) is 11.8 Å². The average Bonchev–Trinajstić information content (AvgIpc) is 3.14. The monoisotopic (exact) mass is 287 g/mol. The molecule has 114 valence electrons. The van der Waals surface area contributed by atoms with E-state index in [0.29, 0.717) is 6.42 Å². The van der Waals surface area contributed by atoms with Crippen molar-refractivity contribution < 1.29 is 9.84 Å². The van der Waals surface area contributed by atoms with Crippen LogP contribution in [0.2, 0.25) is 0 Å². The Morgan fingerprint density at radius 1 is 1.43 bits per heavy atom. The van der Waals surface area contributed by atoms with Crippen LogP contribution in [0, 0.1) is 23.7 Å². The molecule has 0 aliphatic heterocycles. The third-order valence-electron chi connectivity index (χ3n) is 4.00. The Hall–Kier alpha value is -1.50. The standard InChI is InChI=1S/C18H25NO2/c1-14-10-17(14)13-19(2)12-15-7-8-18(21-3)16(11-15)6-4-5-9-20/h7-8,11,14,17,20H,5,9-10,12-13H2,1-3H3. The zero-order valence-corrected chi connectivity index (χ0v) is 13.2. The SMILES string of the molecule is COc1ccc(CN(C)CC2CC2C)cc1C#CCCO. The van der Waals surface area contributed by atoms with Crippen LogP contribution in [-0.2, 0) is 6.54 Å². The van der Waals surface area contributed by atoms with Gasteiger partial charge in [-0.2, -0.15) is 0 Å². The molecule has 21 heavy (non-hydrogen) atoms. The summed E-state index contributed by atoms with van der Waals surface area (Å²) in [5.74, 6) is 8.60. The highest BCUT2D eigenvalue weighted by atomic mass is 16.5. The molecule has 0 spiro atoms. The molecule has 0 saturated heterocycles. The van der Waals surface area contributed by atoms with Crippen LogP contribution in [-0.4, -0.2) is 37.3 Å². The van der Waals surface area contributed by atoms with E-state index in [2.05, 4.69) is 42.8 Å². The topological polar surface area (TPSA) is 32.7 Å². The zero-order chi connectivity index (χ0) is 15.2. The lowest BCUT2D eigenvalue weighted by atomic mass is 10.1. The lowest BCUT2D eigenvalue weighted by Crippen LogP contribution is -2.20. The number of aliphatic hydroxyl groups excluding tert-OH is 1. The normalized spacial score (nSPS) is 20.0. The maximum absolute atomic E-state index is 8.82.